The van der Waals surface area contributed by atoms with Crippen molar-refractivity contribution >= 4 is 89.2 Å². The summed E-state index contributed by atoms with van der Waals surface area (Å²) < 4.78 is 7.42. The number of unbranched alkanes of at least 4 members (excludes halogenated alkanes) is 1. The number of allylic oxidation sites excluding steroid dienone is 6. The molecule has 0 unspecified atom stereocenters. The molecular weight excluding hydrogens is 689 g/mol. The maximum atomic E-state index is 2.38. The maximum Gasteiger partial charge on any atom is 0.265 e. The number of benzene rings is 4. The zero-order valence-corrected chi connectivity index (χ0v) is 32.1. The fourth-order valence-electron chi connectivity index (χ4n) is 6.80. The van der Waals surface area contributed by atoms with Crippen molar-refractivity contribution in [3.05, 3.63) is 141 Å². The number of hydrogen-bond donors (Lipinski definition) is 0. The number of thioether (sulfide) groups is 2. The summed E-state index contributed by atoms with van der Waals surface area (Å²) in [6.45, 7) is 0. The fraction of sp³-hybridized carbons (Fsp3) is 0.190. The normalized spacial score (nSPS) is 16.4. The molecule has 2 aromatic heterocycles. The van der Waals surface area contributed by atoms with Crippen LogP contribution in [0, 0.1) is 0 Å². The van der Waals surface area contributed by atoms with Gasteiger partial charge in [0.25, 0.3) is 10.0 Å². The summed E-state index contributed by atoms with van der Waals surface area (Å²) in [4.78, 5) is 7.26. The highest BCUT2D eigenvalue weighted by atomic mass is 32.2. The molecule has 0 amide bonds. The summed E-state index contributed by atoms with van der Waals surface area (Å²) in [5.41, 5.74) is 7.93. The molecule has 2 aliphatic rings. The number of nitrogens with zero attached hydrogens (tertiary/aromatic N) is 4. The standard InChI is InChI=1S/C42H40N4S4/c1-43-31-17-7-11-21-35(31)47-39(43)27-25-29(41-45(3)33-19-9-13-23-37(33)49-41)15-5-6-16-30(42-46(4)34-20-10-14-24-38(34)50-42)26-28-40-44(2)32-18-8-12-22-36(32)48-40/h7-14,17-28H,5-6,15-16H2,1-4H3/q+2. The molecule has 4 heterocycles. The number of aryl methyl sites for hydroxylation is 2. The predicted molar refractivity (Wildman–Crippen MR) is 218 cm³/mol. The van der Waals surface area contributed by atoms with E-state index in [0.29, 0.717) is 0 Å². The van der Waals surface area contributed by atoms with E-state index in [1.165, 1.54) is 72.8 Å². The highest BCUT2D eigenvalue weighted by Crippen LogP contribution is 2.46. The van der Waals surface area contributed by atoms with E-state index in [1.807, 2.05) is 46.2 Å². The Hall–Kier alpha value is -4.08. The van der Waals surface area contributed by atoms with E-state index in [9.17, 15) is 0 Å². The molecule has 0 atom stereocenters. The minimum absolute atomic E-state index is 1.02. The molecule has 4 nitrogen and oxygen atoms in total. The Bertz CT molecular complexity index is 2190. The van der Waals surface area contributed by atoms with Gasteiger partial charge in [-0.25, -0.2) is 0 Å². The number of fused-ring (bicyclic) bond motifs is 4. The summed E-state index contributed by atoms with van der Waals surface area (Å²) >= 11 is 7.52. The van der Waals surface area contributed by atoms with Crippen LogP contribution in [0.25, 0.3) is 31.6 Å². The first-order valence-corrected chi connectivity index (χ1v) is 20.3. The van der Waals surface area contributed by atoms with Crippen LogP contribution in [0.4, 0.5) is 11.4 Å². The summed E-state index contributed by atoms with van der Waals surface area (Å²) in [5.74, 6) is 0. The smallest absolute Gasteiger partial charge is 0.265 e. The van der Waals surface area contributed by atoms with Gasteiger partial charge in [0.05, 0.1) is 21.4 Å². The topological polar surface area (TPSA) is 14.2 Å². The Kier molecular flexibility index (Phi) is 9.44. The van der Waals surface area contributed by atoms with Crippen LogP contribution in [0.5, 0.6) is 0 Å². The third-order valence-corrected chi connectivity index (χ3v) is 14.5. The van der Waals surface area contributed by atoms with Gasteiger partial charge < -0.3 is 9.80 Å². The summed E-state index contributed by atoms with van der Waals surface area (Å²) in [7, 11) is 8.78. The van der Waals surface area contributed by atoms with Gasteiger partial charge in [0.15, 0.2) is 0 Å². The number of thiazole rings is 2. The molecule has 0 radical (unpaired) electrons. The van der Waals surface area contributed by atoms with Gasteiger partial charge in [0.1, 0.15) is 23.5 Å². The van der Waals surface area contributed by atoms with Crippen LogP contribution in [-0.2, 0) is 14.1 Å². The molecule has 0 N–H and O–H groups in total. The first-order chi connectivity index (χ1) is 24.5. The van der Waals surface area contributed by atoms with Crippen LogP contribution in [0.15, 0.2) is 141 Å². The van der Waals surface area contributed by atoms with E-state index in [-0.39, 0.29) is 0 Å². The van der Waals surface area contributed by atoms with Gasteiger partial charge in [-0.05, 0) is 86.4 Å². The minimum Gasteiger partial charge on any atom is -0.338 e. The molecule has 8 rings (SSSR count). The zero-order chi connectivity index (χ0) is 34.2. The Morgan fingerprint density at radius 3 is 1.38 bits per heavy atom. The Balaban J connectivity index is 1.07. The lowest BCUT2D eigenvalue weighted by molar-refractivity contribution is -0.642. The van der Waals surface area contributed by atoms with Crippen molar-refractivity contribution < 1.29 is 9.13 Å². The zero-order valence-electron chi connectivity index (χ0n) is 28.8. The van der Waals surface area contributed by atoms with E-state index in [2.05, 4.69) is 168 Å². The van der Waals surface area contributed by atoms with Gasteiger partial charge >= 0.3 is 0 Å². The third kappa shape index (κ3) is 6.35. The van der Waals surface area contributed by atoms with Crippen molar-refractivity contribution in [2.24, 2.45) is 14.1 Å². The Morgan fingerprint density at radius 2 is 0.960 bits per heavy atom. The third-order valence-electron chi connectivity index (χ3n) is 9.57. The van der Waals surface area contributed by atoms with Gasteiger partial charge in [-0.1, -0.05) is 94.7 Å². The average Bonchev–Trinajstić information content (AvgIpc) is 3.87. The van der Waals surface area contributed by atoms with E-state index in [0.717, 1.165) is 25.7 Å². The molecule has 8 heteroatoms. The van der Waals surface area contributed by atoms with Gasteiger partial charge in [0.2, 0.25) is 11.0 Å². The largest absolute Gasteiger partial charge is 0.338 e. The van der Waals surface area contributed by atoms with Crippen LogP contribution in [0.2, 0.25) is 0 Å². The second kappa shape index (κ2) is 14.3. The number of rotatable bonds is 9. The molecule has 4 aromatic carbocycles. The molecule has 50 heavy (non-hydrogen) atoms. The van der Waals surface area contributed by atoms with Gasteiger partial charge in [-0.2, -0.15) is 9.13 Å². The van der Waals surface area contributed by atoms with Crippen LogP contribution in [-0.4, -0.2) is 14.1 Å². The van der Waals surface area contributed by atoms with Crippen LogP contribution >= 0.6 is 46.2 Å². The molecule has 0 bridgehead atoms. The highest BCUT2D eigenvalue weighted by molar-refractivity contribution is 8.04. The minimum atomic E-state index is 1.02. The van der Waals surface area contributed by atoms with Crippen molar-refractivity contribution in [3.63, 3.8) is 0 Å². The predicted octanol–water partition coefficient (Wildman–Crippen LogP) is 11.0. The second-order valence-electron chi connectivity index (χ2n) is 12.7. The van der Waals surface area contributed by atoms with E-state index in [1.54, 1.807) is 0 Å². The van der Waals surface area contributed by atoms with Gasteiger partial charge in [0, 0.05) is 47.2 Å². The molecule has 6 aromatic rings. The first-order valence-electron chi connectivity index (χ1n) is 17.0. The van der Waals surface area contributed by atoms with E-state index in [4.69, 9.17) is 0 Å². The quantitative estimate of drug-likeness (QED) is 0.109. The maximum absolute atomic E-state index is 2.38. The summed E-state index contributed by atoms with van der Waals surface area (Å²) in [6.07, 6.45) is 13.7. The highest BCUT2D eigenvalue weighted by Gasteiger charge is 2.25. The lowest BCUT2D eigenvalue weighted by Crippen LogP contribution is -2.30. The van der Waals surface area contributed by atoms with E-state index < -0.39 is 0 Å². The fourth-order valence-corrected chi connectivity index (χ4v) is 11.3. The molecule has 0 saturated carbocycles. The monoisotopic (exact) mass is 728 g/mol. The summed E-state index contributed by atoms with van der Waals surface area (Å²) in [6, 6.07) is 34.9. The average molecular weight is 729 g/mol. The Labute approximate surface area is 311 Å². The molecule has 0 saturated heterocycles. The van der Waals surface area contributed by atoms with Crippen LogP contribution in [0.1, 0.15) is 35.7 Å². The molecule has 250 valence electrons. The molecule has 2 aliphatic heterocycles. The summed E-state index contributed by atoms with van der Waals surface area (Å²) in [5, 5.41) is 5.20. The van der Waals surface area contributed by atoms with Crippen molar-refractivity contribution in [3.8, 4) is 0 Å². The Morgan fingerprint density at radius 1 is 0.560 bits per heavy atom. The number of aromatic nitrogens is 2. The van der Waals surface area contributed by atoms with Crippen molar-refractivity contribution in [1.82, 2.24) is 0 Å². The SMILES string of the molecule is CN1/C(=C\C=C(\CCCC/C(=C/C=C2/Sc3ccccc3N2C)c2sc3ccccc3[n+]2C)c2sc3ccccc3[n+]2C)Sc2ccccc21. The number of anilines is 2. The van der Waals surface area contributed by atoms with Crippen molar-refractivity contribution in [2.75, 3.05) is 23.9 Å². The molecule has 0 spiro atoms. The van der Waals surface area contributed by atoms with Crippen molar-refractivity contribution in [2.45, 2.75) is 35.5 Å². The van der Waals surface area contributed by atoms with E-state index >= 15 is 0 Å². The second-order valence-corrected chi connectivity index (χ2v) is 16.9. The van der Waals surface area contributed by atoms with Crippen LogP contribution in [0.3, 0.4) is 0 Å². The molecular formula is C42H40N4S4+2. The lowest BCUT2D eigenvalue weighted by Gasteiger charge is -2.13. The number of hydrogen-bond acceptors (Lipinski definition) is 6. The lowest BCUT2D eigenvalue weighted by atomic mass is 10.0. The van der Waals surface area contributed by atoms with Gasteiger partial charge in [-0.15, -0.1) is 0 Å². The number of para-hydroxylation sites is 4. The molecule has 0 aliphatic carbocycles. The molecule has 0 fully saturated rings. The van der Waals surface area contributed by atoms with Crippen LogP contribution < -0.4 is 18.9 Å². The van der Waals surface area contributed by atoms with Gasteiger partial charge in [-0.3, -0.25) is 0 Å². The first kappa shape index (κ1) is 33.1. The van der Waals surface area contributed by atoms with Crippen molar-refractivity contribution in [1.29, 1.82) is 0 Å².